The highest BCUT2D eigenvalue weighted by molar-refractivity contribution is 6.26. The fourth-order valence-corrected chi connectivity index (χ4v) is 3.32. The summed E-state index contributed by atoms with van der Waals surface area (Å²) in [5.41, 5.74) is 6.77. The Morgan fingerprint density at radius 1 is 1.04 bits per heavy atom. The van der Waals surface area contributed by atoms with Gasteiger partial charge in [0.1, 0.15) is 6.54 Å². The van der Waals surface area contributed by atoms with Crippen molar-refractivity contribution < 1.29 is 9.59 Å². The number of hydrogen-bond donors (Lipinski definition) is 1. The van der Waals surface area contributed by atoms with Crippen molar-refractivity contribution in [1.29, 1.82) is 0 Å². The molecule has 0 atom stereocenters. The van der Waals surface area contributed by atoms with E-state index in [0.717, 1.165) is 27.6 Å². The Bertz CT molecular complexity index is 1080. The molecular weight excluding hydrogens is 338 g/mol. The van der Waals surface area contributed by atoms with Crippen LogP contribution in [0.15, 0.2) is 65.8 Å². The summed E-state index contributed by atoms with van der Waals surface area (Å²) in [4.78, 5) is 26.6. The summed E-state index contributed by atoms with van der Waals surface area (Å²) in [6.45, 7) is 3.78. The van der Waals surface area contributed by atoms with Gasteiger partial charge in [0.25, 0.3) is 11.8 Å². The van der Waals surface area contributed by atoms with Gasteiger partial charge in [-0.15, -0.1) is 0 Å². The number of hydrazone groups is 1. The highest BCUT2D eigenvalue weighted by atomic mass is 16.2. The molecule has 3 aromatic carbocycles. The van der Waals surface area contributed by atoms with E-state index in [-0.39, 0.29) is 18.4 Å². The maximum absolute atomic E-state index is 12.7. The lowest BCUT2D eigenvalue weighted by atomic mass is 10.1. The molecule has 1 aliphatic rings. The molecule has 0 radical (unpaired) electrons. The average Bonchev–Trinajstić information content (AvgIpc) is 2.95. The predicted octanol–water partition coefficient (Wildman–Crippen LogP) is 3.65. The topological polar surface area (TPSA) is 61.8 Å². The molecule has 0 spiro atoms. The molecule has 3 aromatic rings. The summed E-state index contributed by atoms with van der Waals surface area (Å²) < 4.78 is 0. The number of rotatable bonds is 4. The second kappa shape index (κ2) is 6.68. The maximum Gasteiger partial charge on any atom is 0.260 e. The van der Waals surface area contributed by atoms with Gasteiger partial charge in [-0.2, -0.15) is 5.10 Å². The van der Waals surface area contributed by atoms with Crippen molar-refractivity contribution in [1.82, 2.24) is 5.43 Å². The number of amides is 2. The number of aryl methyl sites for hydroxylation is 1. The van der Waals surface area contributed by atoms with Crippen LogP contribution in [0.5, 0.6) is 0 Å². The van der Waals surface area contributed by atoms with Crippen LogP contribution in [0.4, 0.5) is 5.69 Å². The van der Waals surface area contributed by atoms with Crippen LogP contribution in [-0.2, 0) is 4.79 Å². The number of carbonyl (C=O) groups is 2. The van der Waals surface area contributed by atoms with Gasteiger partial charge in [-0.05, 0) is 36.9 Å². The second-order valence-corrected chi connectivity index (χ2v) is 6.67. The molecule has 0 fully saturated rings. The number of benzene rings is 3. The van der Waals surface area contributed by atoms with Crippen molar-refractivity contribution >= 4 is 34.0 Å². The van der Waals surface area contributed by atoms with Crippen LogP contribution in [-0.4, -0.2) is 24.1 Å². The van der Waals surface area contributed by atoms with E-state index in [4.69, 9.17) is 0 Å². The average molecular weight is 357 g/mol. The van der Waals surface area contributed by atoms with Crippen LogP contribution in [0.25, 0.3) is 10.8 Å². The van der Waals surface area contributed by atoms with Crippen LogP contribution in [0.2, 0.25) is 0 Å². The molecule has 2 amide bonds. The number of nitrogens with zero attached hydrogens (tertiary/aromatic N) is 2. The lowest BCUT2D eigenvalue weighted by Crippen LogP contribution is -2.37. The zero-order valence-corrected chi connectivity index (χ0v) is 15.2. The van der Waals surface area contributed by atoms with Gasteiger partial charge in [0.05, 0.1) is 11.4 Å². The van der Waals surface area contributed by atoms with Crippen LogP contribution < -0.4 is 10.3 Å². The van der Waals surface area contributed by atoms with Gasteiger partial charge in [0, 0.05) is 10.9 Å². The first-order chi connectivity index (χ1) is 13.0. The minimum absolute atomic E-state index is 0.0721. The van der Waals surface area contributed by atoms with Crippen LogP contribution in [0.3, 0.4) is 0 Å². The Hall–Kier alpha value is -3.47. The zero-order chi connectivity index (χ0) is 19.0. The van der Waals surface area contributed by atoms with Gasteiger partial charge in [-0.3, -0.25) is 14.5 Å². The fraction of sp³-hybridized carbons (Fsp3) is 0.136. The standard InChI is InChI=1S/C22H19N3O2/c1-14-9-11-16(12-10-14)15(2)23-24-20(26)13-25-19-8-4-6-17-5-3-7-18(21(17)19)22(25)27/h3-12H,13H2,1-2H3,(H,24,26)/b23-15+. The maximum atomic E-state index is 12.7. The minimum Gasteiger partial charge on any atom is -0.298 e. The van der Waals surface area contributed by atoms with Crippen LogP contribution in [0.1, 0.15) is 28.4 Å². The van der Waals surface area contributed by atoms with E-state index in [9.17, 15) is 9.59 Å². The van der Waals surface area contributed by atoms with Crippen molar-refractivity contribution in [2.75, 3.05) is 11.4 Å². The van der Waals surface area contributed by atoms with E-state index in [1.165, 1.54) is 4.90 Å². The Balaban J connectivity index is 1.51. The van der Waals surface area contributed by atoms with Crippen molar-refractivity contribution in [3.63, 3.8) is 0 Å². The van der Waals surface area contributed by atoms with E-state index in [1.54, 1.807) is 6.07 Å². The molecule has 1 N–H and O–H groups in total. The molecule has 27 heavy (non-hydrogen) atoms. The molecule has 0 saturated heterocycles. The van der Waals surface area contributed by atoms with E-state index in [0.29, 0.717) is 11.3 Å². The predicted molar refractivity (Wildman–Crippen MR) is 107 cm³/mol. The molecule has 4 rings (SSSR count). The molecular formula is C22H19N3O2. The summed E-state index contributed by atoms with van der Waals surface area (Å²) >= 11 is 0. The van der Waals surface area contributed by atoms with Crippen molar-refractivity contribution in [3.8, 4) is 0 Å². The Kier molecular flexibility index (Phi) is 4.20. The lowest BCUT2D eigenvalue weighted by molar-refractivity contribution is -0.119. The third-order valence-electron chi connectivity index (χ3n) is 4.77. The first kappa shape index (κ1) is 17.0. The minimum atomic E-state index is -0.334. The number of hydrogen-bond acceptors (Lipinski definition) is 3. The smallest absolute Gasteiger partial charge is 0.260 e. The molecule has 0 aromatic heterocycles. The lowest BCUT2D eigenvalue weighted by Gasteiger charge is -2.16. The summed E-state index contributed by atoms with van der Waals surface area (Å²) in [5, 5.41) is 6.06. The normalized spacial score (nSPS) is 13.3. The van der Waals surface area contributed by atoms with Crippen LogP contribution >= 0.6 is 0 Å². The van der Waals surface area contributed by atoms with Crippen LogP contribution in [0, 0.1) is 6.92 Å². The van der Waals surface area contributed by atoms with Gasteiger partial charge in [-0.1, -0.05) is 54.1 Å². The molecule has 0 unspecified atom stereocenters. The van der Waals surface area contributed by atoms with Crippen molar-refractivity contribution in [2.45, 2.75) is 13.8 Å². The summed E-state index contributed by atoms with van der Waals surface area (Å²) in [7, 11) is 0. The van der Waals surface area contributed by atoms with Crippen molar-refractivity contribution in [2.24, 2.45) is 5.10 Å². The van der Waals surface area contributed by atoms with Gasteiger partial charge in [-0.25, -0.2) is 5.43 Å². The zero-order valence-electron chi connectivity index (χ0n) is 15.2. The highest BCUT2D eigenvalue weighted by Crippen LogP contribution is 2.36. The second-order valence-electron chi connectivity index (χ2n) is 6.67. The quantitative estimate of drug-likeness (QED) is 0.572. The van der Waals surface area contributed by atoms with E-state index in [1.807, 2.05) is 68.4 Å². The molecule has 0 bridgehead atoms. The highest BCUT2D eigenvalue weighted by Gasteiger charge is 2.30. The van der Waals surface area contributed by atoms with Gasteiger partial charge in [0.2, 0.25) is 0 Å². The summed E-state index contributed by atoms with van der Waals surface area (Å²) in [5.74, 6) is -0.490. The molecule has 0 aliphatic carbocycles. The molecule has 1 aliphatic heterocycles. The van der Waals surface area contributed by atoms with Gasteiger partial charge < -0.3 is 0 Å². The van der Waals surface area contributed by atoms with Crippen molar-refractivity contribution in [3.05, 3.63) is 77.4 Å². The van der Waals surface area contributed by atoms with E-state index >= 15 is 0 Å². The third kappa shape index (κ3) is 3.08. The molecule has 5 nitrogen and oxygen atoms in total. The van der Waals surface area contributed by atoms with Gasteiger partial charge >= 0.3 is 0 Å². The molecule has 134 valence electrons. The number of carbonyl (C=O) groups excluding carboxylic acids is 2. The first-order valence-corrected chi connectivity index (χ1v) is 8.78. The number of anilines is 1. The SMILES string of the molecule is C/C(=N\NC(=O)CN1C(=O)c2cccc3cccc1c23)c1ccc(C)cc1. The largest absolute Gasteiger partial charge is 0.298 e. The summed E-state index contributed by atoms with van der Waals surface area (Å²) in [6, 6.07) is 19.3. The molecule has 0 saturated carbocycles. The molecule has 5 heteroatoms. The van der Waals surface area contributed by atoms with E-state index < -0.39 is 0 Å². The fourth-order valence-electron chi connectivity index (χ4n) is 3.32. The Labute approximate surface area is 157 Å². The van der Waals surface area contributed by atoms with E-state index in [2.05, 4.69) is 10.5 Å². The Morgan fingerprint density at radius 2 is 1.74 bits per heavy atom. The molecule has 1 heterocycles. The monoisotopic (exact) mass is 357 g/mol. The Morgan fingerprint density at radius 3 is 2.48 bits per heavy atom. The number of nitrogens with one attached hydrogen (secondary N) is 1. The van der Waals surface area contributed by atoms with Gasteiger partial charge in [0.15, 0.2) is 0 Å². The third-order valence-corrected chi connectivity index (χ3v) is 4.77. The first-order valence-electron chi connectivity index (χ1n) is 8.78. The summed E-state index contributed by atoms with van der Waals surface area (Å²) in [6.07, 6.45) is 0.